The van der Waals surface area contributed by atoms with Gasteiger partial charge in [-0.3, -0.25) is 4.79 Å². The summed E-state index contributed by atoms with van der Waals surface area (Å²) in [5.41, 5.74) is 5.44. The number of amides is 1. The Morgan fingerprint density at radius 3 is 2.67 bits per heavy atom. The molecule has 1 fully saturated rings. The van der Waals surface area contributed by atoms with E-state index in [0.717, 1.165) is 17.7 Å². The number of nitrogens with two attached hydrogens (primary N) is 1. The largest absolute Gasteiger partial charge is 0.471 e. The van der Waals surface area contributed by atoms with Crippen LogP contribution in [0.1, 0.15) is 19.3 Å². The number of halogens is 3. The van der Waals surface area contributed by atoms with Crippen molar-refractivity contribution in [2.24, 2.45) is 5.73 Å². The van der Waals surface area contributed by atoms with Gasteiger partial charge in [0.2, 0.25) is 0 Å². The van der Waals surface area contributed by atoms with Crippen molar-refractivity contribution in [2.45, 2.75) is 31.5 Å². The van der Waals surface area contributed by atoms with E-state index in [0.29, 0.717) is 19.5 Å². The first-order valence-electron chi connectivity index (χ1n) is 6.12. The van der Waals surface area contributed by atoms with Crippen LogP contribution < -0.4 is 5.73 Å². The zero-order chi connectivity index (χ0) is 13.8. The van der Waals surface area contributed by atoms with E-state index in [4.69, 9.17) is 5.73 Å². The molecule has 1 aliphatic heterocycles. The molecular formula is C11H20F3N3O. The first kappa shape index (κ1) is 15.2. The van der Waals surface area contributed by atoms with Crippen molar-refractivity contribution in [2.75, 3.05) is 33.2 Å². The van der Waals surface area contributed by atoms with E-state index in [1.165, 1.54) is 0 Å². The minimum Gasteiger partial charge on any atom is -0.333 e. The van der Waals surface area contributed by atoms with Gasteiger partial charge in [0, 0.05) is 32.2 Å². The van der Waals surface area contributed by atoms with Crippen LogP contribution in [0.3, 0.4) is 0 Å². The Balaban J connectivity index is 2.67. The van der Waals surface area contributed by atoms with E-state index in [-0.39, 0.29) is 19.1 Å². The molecule has 1 saturated heterocycles. The maximum atomic E-state index is 12.4. The van der Waals surface area contributed by atoms with Crippen LogP contribution in [0.2, 0.25) is 0 Å². The third-order valence-corrected chi connectivity index (χ3v) is 3.28. The van der Waals surface area contributed by atoms with Crippen LogP contribution in [0.5, 0.6) is 0 Å². The molecule has 18 heavy (non-hydrogen) atoms. The Hall–Kier alpha value is -0.820. The molecule has 0 aromatic carbocycles. The number of rotatable bonds is 3. The summed E-state index contributed by atoms with van der Waals surface area (Å²) in [6.07, 6.45) is -2.52. The lowest BCUT2D eigenvalue weighted by atomic mass is 10.1. The zero-order valence-electron chi connectivity index (χ0n) is 10.5. The van der Waals surface area contributed by atoms with Gasteiger partial charge in [0.15, 0.2) is 0 Å². The van der Waals surface area contributed by atoms with Crippen LogP contribution in [0.25, 0.3) is 0 Å². The van der Waals surface area contributed by atoms with Gasteiger partial charge < -0.3 is 15.5 Å². The molecule has 0 spiro atoms. The summed E-state index contributed by atoms with van der Waals surface area (Å²) in [4.78, 5) is 14.1. The Morgan fingerprint density at radius 1 is 1.44 bits per heavy atom. The second kappa shape index (κ2) is 6.38. The van der Waals surface area contributed by atoms with Gasteiger partial charge in [-0.2, -0.15) is 13.2 Å². The third-order valence-electron chi connectivity index (χ3n) is 3.28. The molecule has 1 aliphatic rings. The van der Waals surface area contributed by atoms with Crippen LogP contribution in [-0.2, 0) is 4.79 Å². The van der Waals surface area contributed by atoms with Crippen molar-refractivity contribution >= 4 is 5.91 Å². The zero-order valence-corrected chi connectivity index (χ0v) is 10.5. The van der Waals surface area contributed by atoms with Crippen molar-refractivity contribution in [3.05, 3.63) is 0 Å². The lowest BCUT2D eigenvalue weighted by Gasteiger charge is -2.31. The number of likely N-dealkylation sites (tertiary alicyclic amines) is 1. The fourth-order valence-electron chi connectivity index (χ4n) is 2.23. The summed E-state index contributed by atoms with van der Waals surface area (Å²) in [7, 11) is 1.83. The van der Waals surface area contributed by atoms with Gasteiger partial charge in [-0.1, -0.05) is 6.42 Å². The Bertz CT molecular complexity index is 283. The maximum absolute atomic E-state index is 12.4. The Morgan fingerprint density at radius 2 is 2.11 bits per heavy atom. The second-order valence-electron chi connectivity index (χ2n) is 4.67. The SMILES string of the molecule is CN(CCN)C1CCCCN(C(=O)C(F)(F)F)C1. The van der Waals surface area contributed by atoms with Gasteiger partial charge in [0.25, 0.3) is 0 Å². The molecule has 0 saturated carbocycles. The van der Waals surface area contributed by atoms with Gasteiger partial charge >= 0.3 is 12.1 Å². The number of nitrogens with zero attached hydrogens (tertiary/aromatic N) is 2. The predicted molar refractivity (Wildman–Crippen MR) is 62.0 cm³/mol. The molecule has 0 radical (unpaired) electrons. The van der Waals surface area contributed by atoms with E-state index in [2.05, 4.69) is 0 Å². The number of hydrogen-bond acceptors (Lipinski definition) is 3. The van der Waals surface area contributed by atoms with E-state index >= 15 is 0 Å². The van der Waals surface area contributed by atoms with Gasteiger partial charge in [-0.15, -0.1) is 0 Å². The topological polar surface area (TPSA) is 49.6 Å². The lowest BCUT2D eigenvalue weighted by Crippen LogP contribution is -2.48. The van der Waals surface area contributed by atoms with Crippen LogP contribution >= 0.6 is 0 Å². The monoisotopic (exact) mass is 267 g/mol. The maximum Gasteiger partial charge on any atom is 0.471 e. The fraction of sp³-hybridized carbons (Fsp3) is 0.909. The summed E-state index contributed by atoms with van der Waals surface area (Å²) in [6.45, 7) is 1.40. The average molecular weight is 267 g/mol. The van der Waals surface area contributed by atoms with Crippen LogP contribution in [0.15, 0.2) is 0 Å². The highest BCUT2D eigenvalue weighted by Crippen LogP contribution is 2.22. The highest BCUT2D eigenvalue weighted by atomic mass is 19.4. The normalized spacial score (nSPS) is 22.1. The molecule has 1 unspecified atom stereocenters. The summed E-state index contributed by atoms with van der Waals surface area (Å²) in [6, 6.07) is -0.0395. The summed E-state index contributed by atoms with van der Waals surface area (Å²) < 4.78 is 37.3. The van der Waals surface area contributed by atoms with Crippen molar-refractivity contribution in [1.82, 2.24) is 9.80 Å². The van der Waals surface area contributed by atoms with Crippen molar-refractivity contribution < 1.29 is 18.0 Å². The number of carbonyl (C=O) groups is 1. The molecule has 7 heteroatoms. The smallest absolute Gasteiger partial charge is 0.333 e. The standard InChI is InChI=1S/C11H20F3N3O/c1-16(7-5-15)9-4-2-3-6-17(8-9)10(18)11(12,13)14/h9H,2-8,15H2,1H3. The van der Waals surface area contributed by atoms with Gasteiger partial charge in [-0.25, -0.2) is 0 Å². The minimum atomic E-state index is -4.78. The van der Waals surface area contributed by atoms with Crippen LogP contribution in [0.4, 0.5) is 13.2 Å². The predicted octanol–water partition coefficient (Wildman–Crippen LogP) is 0.820. The molecular weight excluding hydrogens is 247 g/mol. The first-order valence-corrected chi connectivity index (χ1v) is 6.12. The van der Waals surface area contributed by atoms with Crippen molar-refractivity contribution in [3.63, 3.8) is 0 Å². The molecule has 0 aromatic rings. The summed E-state index contributed by atoms with van der Waals surface area (Å²) in [5, 5.41) is 0. The molecule has 0 aliphatic carbocycles. The Labute approximate surface area is 105 Å². The van der Waals surface area contributed by atoms with Crippen molar-refractivity contribution in [3.8, 4) is 0 Å². The molecule has 0 bridgehead atoms. The number of likely N-dealkylation sites (N-methyl/N-ethyl adjacent to an activating group) is 1. The van der Waals surface area contributed by atoms with E-state index in [1.807, 2.05) is 11.9 Å². The van der Waals surface area contributed by atoms with Gasteiger partial charge in [-0.05, 0) is 19.9 Å². The molecule has 1 heterocycles. The molecule has 106 valence electrons. The average Bonchev–Trinajstić information content (AvgIpc) is 2.52. The van der Waals surface area contributed by atoms with Crippen LogP contribution in [0, 0.1) is 0 Å². The van der Waals surface area contributed by atoms with Crippen LogP contribution in [-0.4, -0.2) is 61.2 Å². The highest BCUT2D eigenvalue weighted by molar-refractivity contribution is 5.81. The second-order valence-corrected chi connectivity index (χ2v) is 4.67. The van der Waals surface area contributed by atoms with E-state index < -0.39 is 12.1 Å². The first-order chi connectivity index (χ1) is 8.36. The number of hydrogen-bond donors (Lipinski definition) is 1. The van der Waals surface area contributed by atoms with E-state index in [1.54, 1.807) is 0 Å². The molecule has 1 rings (SSSR count). The van der Waals surface area contributed by atoms with E-state index in [9.17, 15) is 18.0 Å². The molecule has 1 amide bonds. The Kier molecular flexibility index (Phi) is 5.40. The van der Waals surface area contributed by atoms with Gasteiger partial charge in [0.1, 0.15) is 0 Å². The van der Waals surface area contributed by atoms with Gasteiger partial charge in [0.05, 0.1) is 0 Å². The molecule has 0 aromatic heterocycles. The molecule has 1 atom stereocenters. The summed E-state index contributed by atoms with van der Waals surface area (Å²) >= 11 is 0. The third kappa shape index (κ3) is 4.13. The number of carbonyl (C=O) groups excluding carboxylic acids is 1. The fourth-order valence-corrected chi connectivity index (χ4v) is 2.23. The number of alkyl halides is 3. The minimum absolute atomic E-state index is 0.0395. The summed E-state index contributed by atoms with van der Waals surface area (Å²) in [5.74, 6) is -1.73. The highest BCUT2D eigenvalue weighted by Gasteiger charge is 2.43. The van der Waals surface area contributed by atoms with Crippen molar-refractivity contribution in [1.29, 1.82) is 0 Å². The molecule has 2 N–H and O–H groups in total. The quantitative estimate of drug-likeness (QED) is 0.823. The lowest BCUT2D eigenvalue weighted by molar-refractivity contribution is -0.185. The molecule has 4 nitrogen and oxygen atoms in total.